The average Bonchev–Trinajstić information content (AvgIpc) is 2.76. The number of nitrogens with one attached hydrogen (secondary N) is 3. The first-order valence-electron chi connectivity index (χ1n) is 9.12. The topological polar surface area (TPSA) is 96.2 Å². The predicted molar refractivity (Wildman–Crippen MR) is 119 cm³/mol. The van der Waals surface area contributed by atoms with Crippen molar-refractivity contribution in [1.29, 1.82) is 0 Å². The number of hydrogen-bond donors (Lipinski definition) is 4. The zero-order valence-electron chi connectivity index (χ0n) is 15.9. The molecule has 0 aliphatic heterocycles. The molecule has 0 fully saturated rings. The maximum Gasteiger partial charge on any atom is 0.255 e. The van der Waals surface area contributed by atoms with Crippen LogP contribution in [0.4, 0.5) is 5.69 Å². The summed E-state index contributed by atoms with van der Waals surface area (Å²) in [6.07, 6.45) is 0. The molecule has 2 amide bonds. The predicted octanol–water partition coefficient (Wildman–Crippen LogP) is 3.91. The molecule has 0 aromatic heterocycles. The minimum atomic E-state index is -0.420. The number of nitrogens with two attached hydrogens (primary N) is 1. The van der Waals surface area contributed by atoms with Crippen molar-refractivity contribution in [3.8, 4) is 0 Å². The lowest BCUT2D eigenvalue weighted by Gasteiger charge is -2.23. The Kier molecular flexibility index (Phi) is 7.43. The number of hydrazine groups is 1. The van der Waals surface area contributed by atoms with Crippen LogP contribution in [0.2, 0.25) is 10.0 Å². The zero-order valence-corrected chi connectivity index (χ0v) is 17.4. The van der Waals surface area contributed by atoms with E-state index in [1.807, 2.05) is 30.3 Å². The molecule has 3 aromatic carbocycles. The van der Waals surface area contributed by atoms with Gasteiger partial charge in [-0.3, -0.25) is 20.3 Å². The van der Waals surface area contributed by atoms with Gasteiger partial charge in [0.2, 0.25) is 5.91 Å². The van der Waals surface area contributed by atoms with Crippen LogP contribution in [0.25, 0.3) is 0 Å². The number of halogens is 2. The third-order valence-electron chi connectivity index (χ3n) is 4.42. The fourth-order valence-electron chi connectivity index (χ4n) is 3.01. The summed E-state index contributed by atoms with van der Waals surface area (Å²) in [6, 6.07) is 20.9. The van der Waals surface area contributed by atoms with E-state index in [2.05, 4.69) is 16.1 Å². The molecule has 0 aliphatic rings. The van der Waals surface area contributed by atoms with E-state index < -0.39 is 6.04 Å². The molecule has 0 radical (unpaired) electrons. The van der Waals surface area contributed by atoms with Gasteiger partial charge in [0, 0.05) is 21.3 Å². The molecule has 5 N–H and O–H groups in total. The molecule has 0 spiro atoms. The van der Waals surface area contributed by atoms with E-state index in [-0.39, 0.29) is 18.4 Å². The summed E-state index contributed by atoms with van der Waals surface area (Å²) < 4.78 is 0. The summed E-state index contributed by atoms with van der Waals surface area (Å²) >= 11 is 12.3. The summed E-state index contributed by atoms with van der Waals surface area (Å²) in [7, 11) is 0. The van der Waals surface area contributed by atoms with Crippen LogP contribution in [0.3, 0.4) is 0 Å². The largest absolute Gasteiger partial charge is 0.322 e. The van der Waals surface area contributed by atoms with E-state index >= 15 is 0 Å². The van der Waals surface area contributed by atoms with Gasteiger partial charge >= 0.3 is 0 Å². The van der Waals surface area contributed by atoms with Gasteiger partial charge in [-0.25, -0.2) is 5.84 Å². The molecule has 6 nitrogen and oxygen atoms in total. The molecule has 8 heteroatoms. The number of hydrogen-bond acceptors (Lipinski definition) is 4. The molecule has 0 bridgehead atoms. The van der Waals surface area contributed by atoms with Crippen molar-refractivity contribution in [1.82, 2.24) is 10.7 Å². The van der Waals surface area contributed by atoms with Gasteiger partial charge in [-0.1, -0.05) is 59.6 Å². The van der Waals surface area contributed by atoms with Crippen molar-refractivity contribution in [3.63, 3.8) is 0 Å². The molecule has 0 aliphatic carbocycles. The van der Waals surface area contributed by atoms with Crippen molar-refractivity contribution in [2.24, 2.45) is 5.84 Å². The highest BCUT2D eigenvalue weighted by Gasteiger charge is 2.20. The molecular formula is C22H20Cl2N4O2. The lowest BCUT2D eigenvalue weighted by molar-refractivity contribution is -0.120. The van der Waals surface area contributed by atoms with Crippen LogP contribution in [0.1, 0.15) is 27.5 Å². The second kappa shape index (κ2) is 10.2. The Bertz CT molecular complexity index is 1040. The molecule has 154 valence electrons. The van der Waals surface area contributed by atoms with Gasteiger partial charge < -0.3 is 5.32 Å². The Morgan fingerprint density at radius 2 is 1.63 bits per heavy atom. The molecule has 3 rings (SSSR count). The summed E-state index contributed by atoms with van der Waals surface area (Å²) in [5, 5.41) is 7.05. The first-order valence-corrected chi connectivity index (χ1v) is 9.87. The van der Waals surface area contributed by atoms with Gasteiger partial charge in [0.1, 0.15) is 0 Å². The number of rotatable bonds is 7. The highest BCUT2D eigenvalue weighted by Crippen LogP contribution is 2.31. The maximum absolute atomic E-state index is 12.8. The number of carbonyl (C=O) groups is 2. The normalized spacial score (nSPS) is 11.6. The van der Waals surface area contributed by atoms with E-state index in [1.165, 1.54) is 0 Å². The molecule has 0 unspecified atom stereocenters. The van der Waals surface area contributed by atoms with Crippen LogP contribution in [0, 0.1) is 0 Å². The summed E-state index contributed by atoms with van der Waals surface area (Å²) in [6.45, 7) is -0.0236. The fourth-order valence-corrected chi connectivity index (χ4v) is 3.38. The van der Waals surface area contributed by atoms with Gasteiger partial charge in [0.25, 0.3) is 5.91 Å². The summed E-state index contributed by atoms with van der Waals surface area (Å²) in [5.41, 5.74) is 4.67. The van der Waals surface area contributed by atoms with Crippen molar-refractivity contribution in [2.75, 3.05) is 11.9 Å². The van der Waals surface area contributed by atoms with Crippen LogP contribution in [0.15, 0.2) is 72.8 Å². The van der Waals surface area contributed by atoms with E-state index in [4.69, 9.17) is 29.0 Å². The monoisotopic (exact) mass is 442 g/mol. The quantitative estimate of drug-likeness (QED) is 0.253. The van der Waals surface area contributed by atoms with Crippen molar-refractivity contribution in [3.05, 3.63) is 99.5 Å². The van der Waals surface area contributed by atoms with Crippen molar-refractivity contribution < 1.29 is 9.59 Å². The van der Waals surface area contributed by atoms with Crippen LogP contribution < -0.4 is 21.9 Å². The molecule has 0 saturated heterocycles. The number of benzene rings is 3. The van der Waals surface area contributed by atoms with Gasteiger partial charge in [-0.15, -0.1) is 0 Å². The summed E-state index contributed by atoms with van der Waals surface area (Å²) in [4.78, 5) is 24.5. The number of carbonyl (C=O) groups excluding carboxylic acids is 2. The molecule has 0 heterocycles. The Balaban J connectivity index is 1.97. The third-order valence-corrected chi connectivity index (χ3v) is 4.89. The van der Waals surface area contributed by atoms with Crippen LogP contribution >= 0.6 is 23.2 Å². The lowest BCUT2D eigenvalue weighted by atomic mass is 9.96. The smallest absolute Gasteiger partial charge is 0.255 e. The zero-order chi connectivity index (χ0) is 21.5. The van der Waals surface area contributed by atoms with Gasteiger partial charge in [-0.2, -0.15) is 0 Å². The Hall–Kier alpha value is -2.90. The molecule has 30 heavy (non-hydrogen) atoms. The van der Waals surface area contributed by atoms with Gasteiger partial charge in [0.15, 0.2) is 0 Å². The average molecular weight is 443 g/mol. The van der Waals surface area contributed by atoms with Crippen LogP contribution in [-0.2, 0) is 4.79 Å². The third kappa shape index (κ3) is 5.58. The Labute approximate surface area is 184 Å². The van der Waals surface area contributed by atoms with Gasteiger partial charge in [-0.05, 0) is 47.5 Å². The Morgan fingerprint density at radius 3 is 2.33 bits per heavy atom. The van der Waals surface area contributed by atoms with Gasteiger partial charge in [0.05, 0.1) is 12.6 Å². The maximum atomic E-state index is 12.8. The fraction of sp³-hybridized carbons (Fsp3) is 0.0909. The minimum absolute atomic E-state index is 0.0236. The Morgan fingerprint density at radius 1 is 0.900 bits per heavy atom. The molecular weight excluding hydrogens is 423 g/mol. The number of anilines is 1. The summed E-state index contributed by atoms with van der Waals surface area (Å²) in [5.74, 6) is 4.52. The highest BCUT2D eigenvalue weighted by atomic mass is 35.5. The van der Waals surface area contributed by atoms with Crippen LogP contribution in [0.5, 0.6) is 0 Å². The van der Waals surface area contributed by atoms with Crippen molar-refractivity contribution in [2.45, 2.75) is 6.04 Å². The highest BCUT2D eigenvalue weighted by molar-refractivity contribution is 6.31. The first-order chi connectivity index (χ1) is 14.5. The van der Waals surface area contributed by atoms with E-state index in [1.54, 1.807) is 42.5 Å². The van der Waals surface area contributed by atoms with E-state index in [0.29, 0.717) is 26.9 Å². The van der Waals surface area contributed by atoms with Crippen LogP contribution in [-0.4, -0.2) is 18.4 Å². The first kappa shape index (κ1) is 21.8. The van der Waals surface area contributed by atoms with E-state index in [9.17, 15) is 9.59 Å². The van der Waals surface area contributed by atoms with E-state index in [0.717, 1.165) is 5.56 Å². The molecule has 1 atom stereocenters. The minimum Gasteiger partial charge on any atom is -0.322 e. The standard InChI is InChI=1S/C22H20Cl2N4O2/c23-16-8-4-7-15(11-16)22(30)27-19-10-9-17(24)12-18(19)21(26-13-20(29)28-25)14-5-2-1-3-6-14/h1-12,21,26H,13,25H2,(H,27,30)(H,28,29)/t21-/m1/s1. The molecule has 0 saturated carbocycles. The second-order valence-corrected chi connectivity index (χ2v) is 7.36. The SMILES string of the molecule is NNC(=O)CN[C@H](c1ccccc1)c1cc(Cl)ccc1NC(=O)c1cccc(Cl)c1. The second-order valence-electron chi connectivity index (χ2n) is 6.49. The van der Waals surface area contributed by atoms with Crippen molar-refractivity contribution >= 4 is 40.7 Å². The number of amides is 2. The molecule has 3 aromatic rings. The lowest BCUT2D eigenvalue weighted by Crippen LogP contribution is -2.39.